The van der Waals surface area contributed by atoms with Crippen molar-refractivity contribution in [3.05, 3.63) is 83.4 Å². The van der Waals surface area contributed by atoms with Gasteiger partial charge in [0.25, 0.3) is 5.91 Å². The Kier molecular flexibility index (Phi) is 5.71. The van der Waals surface area contributed by atoms with Gasteiger partial charge in [0.15, 0.2) is 0 Å². The Morgan fingerprint density at radius 3 is 2.52 bits per heavy atom. The Bertz CT molecular complexity index is 993. The van der Waals surface area contributed by atoms with Crippen LogP contribution in [0.15, 0.2) is 55.1 Å². The Morgan fingerprint density at radius 2 is 1.97 bits per heavy atom. The minimum absolute atomic E-state index is 0.0660. The van der Waals surface area contributed by atoms with Crippen molar-refractivity contribution in [3.63, 3.8) is 0 Å². The van der Waals surface area contributed by atoms with E-state index in [1.54, 1.807) is 31.2 Å². The third kappa shape index (κ3) is 4.15. The van der Waals surface area contributed by atoms with Gasteiger partial charge in [0.2, 0.25) is 0 Å². The fraction of sp³-hybridized carbons (Fsp3) is 0.250. The predicted octanol–water partition coefficient (Wildman–Crippen LogP) is 2.19. The number of amides is 1. The largest absolute Gasteiger partial charge is 0.382 e. The van der Waals surface area contributed by atoms with Gasteiger partial charge in [0, 0.05) is 30.2 Å². The molecule has 1 heterocycles. The number of nitrogens with zero attached hydrogens (tertiary/aromatic N) is 4. The SMILES string of the molecule is CC(c1ccc(C(=O)N(C)N)cc1)C(O)(Cn1cncn1)c1ccc(F)cc1F. The first-order valence-corrected chi connectivity index (χ1v) is 8.85. The number of hydrogen-bond acceptors (Lipinski definition) is 5. The summed E-state index contributed by atoms with van der Waals surface area (Å²) < 4.78 is 29.4. The minimum Gasteiger partial charge on any atom is -0.382 e. The molecule has 0 aliphatic rings. The van der Waals surface area contributed by atoms with Crippen molar-refractivity contribution in [1.82, 2.24) is 19.8 Å². The quantitative estimate of drug-likeness (QED) is 0.375. The van der Waals surface area contributed by atoms with Crippen LogP contribution in [-0.4, -0.2) is 37.8 Å². The highest BCUT2D eigenvalue weighted by Crippen LogP contribution is 2.39. The molecule has 3 rings (SSSR count). The summed E-state index contributed by atoms with van der Waals surface area (Å²) >= 11 is 0. The maximum absolute atomic E-state index is 14.6. The van der Waals surface area contributed by atoms with Crippen LogP contribution in [0.25, 0.3) is 0 Å². The zero-order chi connectivity index (χ0) is 21.2. The summed E-state index contributed by atoms with van der Waals surface area (Å²) in [5, 5.41) is 16.5. The molecule has 0 aliphatic heterocycles. The standard InChI is InChI=1S/C20H21F2N5O2/c1-13(14-3-5-15(6-4-14)19(28)26(2)23)20(29,10-27-12-24-11-25-27)17-8-7-16(21)9-18(17)22/h3-9,11-13,29H,10,23H2,1-2H3. The zero-order valence-electron chi connectivity index (χ0n) is 16.0. The molecule has 0 radical (unpaired) electrons. The first kappa shape index (κ1) is 20.6. The number of rotatable bonds is 6. The van der Waals surface area contributed by atoms with Gasteiger partial charge in [-0.25, -0.2) is 24.3 Å². The van der Waals surface area contributed by atoms with Crippen LogP contribution in [0.1, 0.15) is 34.3 Å². The van der Waals surface area contributed by atoms with Gasteiger partial charge in [-0.1, -0.05) is 25.1 Å². The van der Waals surface area contributed by atoms with Gasteiger partial charge in [-0.15, -0.1) is 0 Å². The van der Waals surface area contributed by atoms with Crippen LogP contribution in [0.4, 0.5) is 8.78 Å². The highest BCUT2D eigenvalue weighted by atomic mass is 19.1. The molecule has 3 N–H and O–H groups in total. The Balaban J connectivity index is 2.02. The van der Waals surface area contributed by atoms with E-state index in [4.69, 9.17) is 5.84 Å². The van der Waals surface area contributed by atoms with Crippen molar-refractivity contribution in [2.24, 2.45) is 5.84 Å². The molecule has 1 amide bonds. The molecule has 7 nitrogen and oxygen atoms in total. The summed E-state index contributed by atoms with van der Waals surface area (Å²) in [5.41, 5.74) is -0.808. The van der Waals surface area contributed by atoms with Crippen molar-refractivity contribution >= 4 is 5.91 Å². The molecule has 2 aromatic carbocycles. The molecule has 0 bridgehead atoms. The van der Waals surface area contributed by atoms with E-state index >= 15 is 0 Å². The summed E-state index contributed by atoms with van der Waals surface area (Å²) in [6.45, 7) is 1.61. The molecule has 0 saturated heterocycles. The molecule has 0 spiro atoms. The second-order valence-corrected chi connectivity index (χ2v) is 6.90. The van der Waals surface area contributed by atoms with Crippen LogP contribution in [0.2, 0.25) is 0 Å². The minimum atomic E-state index is -1.76. The van der Waals surface area contributed by atoms with Gasteiger partial charge in [0.05, 0.1) is 6.54 Å². The lowest BCUT2D eigenvalue weighted by Crippen LogP contribution is -2.38. The third-order valence-corrected chi connectivity index (χ3v) is 4.96. The van der Waals surface area contributed by atoms with Crippen molar-refractivity contribution < 1.29 is 18.7 Å². The van der Waals surface area contributed by atoms with E-state index < -0.39 is 23.2 Å². The molecule has 0 fully saturated rings. The van der Waals surface area contributed by atoms with Gasteiger partial charge in [-0.05, 0) is 23.8 Å². The molecule has 0 aliphatic carbocycles. The predicted molar refractivity (Wildman–Crippen MR) is 101 cm³/mol. The van der Waals surface area contributed by atoms with Crippen LogP contribution in [0.3, 0.4) is 0 Å². The molecule has 2 unspecified atom stereocenters. The summed E-state index contributed by atoms with van der Waals surface area (Å²) in [6, 6.07) is 9.52. The van der Waals surface area contributed by atoms with Gasteiger partial charge in [-0.2, -0.15) is 5.10 Å². The van der Waals surface area contributed by atoms with Gasteiger partial charge in [-0.3, -0.25) is 9.80 Å². The fourth-order valence-electron chi connectivity index (χ4n) is 3.25. The number of nitrogens with two attached hydrogens (primary N) is 1. The maximum Gasteiger partial charge on any atom is 0.267 e. The molecule has 2 atom stereocenters. The lowest BCUT2D eigenvalue weighted by atomic mass is 9.78. The molecule has 152 valence electrons. The monoisotopic (exact) mass is 401 g/mol. The molecule has 3 aromatic rings. The topological polar surface area (TPSA) is 97.3 Å². The van der Waals surface area contributed by atoms with Crippen LogP contribution >= 0.6 is 0 Å². The summed E-state index contributed by atoms with van der Waals surface area (Å²) in [5.74, 6) is 2.86. The Hall–Kier alpha value is -3.17. The van der Waals surface area contributed by atoms with Crippen LogP contribution < -0.4 is 5.84 Å². The molecular formula is C20H21F2N5O2. The first-order valence-electron chi connectivity index (χ1n) is 8.85. The van der Waals surface area contributed by atoms with Gasteiger partial charge in [0.1, 0.15) is 29.9 Å². The summed E-state index contributed by atoms with van der Waals surface area (Å²) in [4.78, 5) is 15.8. The maximum atomic E-state index is 14.6. The second-order valence-electron chi connectivity index (χ2n) is 6.90. The molecule has 9 heteroatoms. The molecule has 29 heavy (non-hydrogen) atoms. The van der Waals surface area contributed by atoms with Crippen molar-refractivity contribution in [3.8, 4) is 0 Å². The second kappa shape index (κ2) is 8.06. The van der Waals surface area contributed by atoms with Crippen LogP contribution in [0, 0.1) is 11.6 Å². The smallest absolute Gasteiger partial charge is 0.267 e. The lowest BCUT2D eigenvalue weighted by Gasteiger charge is -2.35. The van der Waals surface area contributed by atoms with E-state index in [2.05, 4.69) is 10.1 Å². The van der Waals surface area contributed by atoms with Crippen molar-refractivity contribution in [1.29, 1.82) is 0 Å². The average molecular weight is 401 g/mol. The van der Waals surface area contributed by atoms with E-state index in [0.717, 1.165) is 17.1 Å². The molecule has 0 saturated carbocycles. The summed E-state index contributed by atoms with van der Waals surface area (Å²) in [7, 11) is 1.44. The van der Waals surface area contributed by atoms with Crippen molar-refractivity contribution in [2.75, 3.05) is 7.05 Å². The zero-order valence-corrected chi connectivity index (χ0v) is 16.0. The van der Waals surface area contributed by atoms with E-state index in [0.29, 0.717) is 11.1 Å². The van der Waals surface area contributed by atoms with E-state index in [9.17, 15) is 18.7 Å². The first-order chi connectivity index (χ1) is 13.7. The van der Waals surface area contributed by atoms with E-state index in [1.165, 1.54) is 30.5 Å². The normalized spacial score (nSPS) is 14.3. The lowest BCUT2D eigenvalue weighted by molar-refractivity contribution is -0.0112. The van der Waals surface area contributed by atoms with E-state index in [1.807, 2.05) is 0 Å². The number of aromatic nitrogens is 3. The Morgan fingerprint density at radius 1 is 1.28 bits per heavy atom. The molecular weight excluding hydrogens is 380 g/mol. The Labute approximate surface area is 166 Å². The van der Waals surface area contributed by atoms with Crippen LogP contribution in [-0.2, 0) is 12.1 Å². The van der Waals surface area contributed by atoms with Crippen molar-refractivity contribution in [2.45, 2.75) is 25.0 Å². The third-order valence-electron chi connectivity index (χ3n) is 4.96. The highest BCUT2D eigenvalue weighted by Gasteiger charge is 2.40. The number of aliphatic hydroxyl groups is 1. The summed E-state index contributed by atoms with van der Waals surface area (Å²) in [6.07, 6.45) is 2.70. The molecule has 1 aromatic heterocycles. The highest BCUT2D eigenvalue weighted by molar-refractivity contribution is 5.93. The number of carbonyl (C=O) groups is 1. The van der Waals surface area contributed by atoms with E-state index in [-0.39, 0.29) is 18.0 Å². The number of hydrogen-bond donors (Lipinski definition) is 2. The number of halogens is 2. The van der Waals surface area contributed by atoms with Gasteiger partial charge < -0.3 is 5.11 Å². The van der Waals surface area contributed by atoms with Crippen LogP contribution in [0.5, 0.6) is 0 Å². The number of benzene rings is 2. The average Bonchev–Trinajstić information content (AvgIpc) is 3.19. The van der Waals surface area contributed by atoms with Gasteiger partial charge >= 0.3 is 0 Å². The number of carbonyl (C=O) groups excluding carboxylic acids is 1. The number of hydrazine groups is 1. The fourth-order valence-corrected chi connectivity index (χ4v) is 3.25.